The molecule has 0 bridgehead atoms. The highest BCUT2D eigenvalue weighted by Gasteiger charge is 2.16. The van der Waals surface area contributed by atoms with Gasteiger partial charge in [0.05, 0.1) is 10.3 Å². The van der Waals surface area contributed by atoms with Crippen LogP contribution < -0.4 is 0 Å². The summed E-state index contributed by atoms with van der Waals surface area (Å²) in [5.41, 5.74) is 2.12. The first-order valence-electron chi connectivity index (χ1n) is 6.70. The molecule has 21 heavy (non-hydrogen) atoms. The van der Waals surface area contributed by atoms with Gasteiger partial charge in [-0.05, 0) is 38.1 Å². The van der Waals surface area contributed by atoms with E-state index in [1.807, 2.05) is 56.3 Å². The van der Waals surface area contributed by atoms with Gasteiger partial charge < -0.3 is 4.42 Å². The van der Waals surface area contributed by atoms with Crippen LogP contribution in [0.1, 0.15) is 23.6 Å². The molecule has 0 saturated carbocycles. The van der Waals surface area contributed by atoms with E-state index >= 15 is 0 Å². The average molecular weight is 297 g/mol. The van der Waals surface area contributed by atoms with Crippen molar-refractivity contribution in [3.8, 4) is 11.5 Å². The van der Waals surface area contributed by atoms with E-state index in [-0.39, 0.29) is 5.25 Å². The number of benzene rings is 1. The maximum atomic E-state index is 5.79. The second-order valence-electron chi connectivity index (χ2n) is 4.74. The SMILES string of the molecule is Cc1cccc(-c2nnc([C@H](C)Sc3ccccn3)o2)c1. The molecule has 0 amide bonds. The fourth-order valence-electron chi connectivity index (χ4n) is 1.94. The van der Waals surface area contributed by atoms with Gasteiger partial charge in [0.2, 0.25) is 11.8 Å². The number of rotatable bonds is 4. The second-order valence-corrected chi connectivity index (χ2v) is 6.10. The van der Waals surface area contributed by atoms with Gasteiger partial charge in [-0.15, -0.1) is 10.2 Å². The molecule has 1 atom stereocenters. The second kappa shape index (κ2) is 6.10. The third-order valence-corrected chi connectivity index (χ3v) is 4.03. The van der Waals surface area contributed by atoms with Crippen molar-refractivity contribution in [3.63, 3.8) is 0 Å². The Balaban J connectivity index is 1.78. The summed E-state index contributed by atoms with van der Waals surface area (Å²) in [4.78, 5) is 4.29. The maximum absolute atomic E-state index is 5.79. The van der Waals surface area contributed by atoms with Crippen molar-refractivity contribution in [2.24, 2.45) is 0 Å². The highest BCUT2D eigenvalue weighted by atomic mass is 32.2. The van der Waals surface area contributed by atoms with E-state index in [2.05, 4.69) is 15.2 Å². The number of aromatic nitrogens is 3. The van der Waals surface area contributed by atoms with E-state index in [0.29, 0.717) is 11.8 Å². The van der Waals surface area contributed by atoms with Crippen LogP contribution in [-0.2, 0) is 0 Å². The summed E-state index contributed by atoms with van der Waals surface area (Å²) >= 11 is 1.60. The molecule has 0 saturated heterocycles. The molecule has 0 aliphatic carbocycles. The Hall–Kier alpha value is -2.14. The molecule has 1 aromatic carbocycles. The van der Waals surface area contributed by atoms with Gasteiger partial charge in [-0.2, -0.15) is 0 Å². The van der Waals surface area contributed by atoms with Crippen LogP contribution in [-0.4, -0.2) is 15.2 Å². The molecule has 3 aromatic rings. The van der Waals surface area contributed by atoms with Gasteiger partial charge in [-0.25, -0.2) is 4.98 Å². The van der Waals surface area contributed by atoms with E-state index in [0.717, 1.165) is 10.6 Å². The van der Waals surface area contributed by atoms with E-state index < -0.39 is 0 Å². The van der Waals surface area contributed by atoms with Crippen LogP contribution in [0, 0.1) is 6.92 Å². The summed E-state index contributed by atoms with van der Waals surface area (Å²) in [6.45, 7) is 4.08. The van der Waals surface area contributed by atoms with Crippen molar-refractivity contribution in [1.82, 2.24) is 15.2 Å². The Morgan fingerprint density at radius 1 is 1.10 bits per heavy atom. The molecule has 4 nitrogen and oxygen atoms in total. The lowest BCUT2D eigenvalue weighted by Crippen LogP contribution is -1.89. The number of pyridine rings is 1. The third kappa shape index (κ3) is 3.31. The molecule has 5 heteroatoms. The Kier molecular flexibility index (Phi) is 4.01. The Morgan fingerprint density at radius 3 is 2.76 bits per heavy atom. The number of hydrogen-bond donors (Lipinski definition) is 0. The molecular weight excluding hydrogens is 282 g/mol. The predicted molar refractivity (Wildman–Crippen MR) is 83.0 cm³/mol. The Labute approximate surface area is 127 Å². The molecule has 2 heterocycles. The zero-order valence-electron chi connectivity index (χ0n) is 11.9. The van der Waals surface area contributed by atoms with E-state index in [4.69, 9.17) is 4.42 Å². The Morgan fingerprint density at radius 2 is 2.00 bits per heavy atom. The van der Waals surface area contributed by atoms with Gasteiger partial charge >= 0.3 is 0 Å². The standard InChI is InChI=1S/C16H15N3OS/c1-11-6-5-7-13(10-11)16-19-18-15(20-16)12(2)21-14-8-3-4-9-17-14/h3-10,12H,1-2H3/t12-/m0/s1. The first-order valence-corrected chi connectivity index (χ1v) is 7.58. The zero-order chi connectivity index (χ0) is 14.7. The van der Waals surface area contributed by atoms with Crippen LogP contribution in [0.3, 0.4) is 0 Å². The van der Waals surface area contributed by atoms with E-state index in [1.165, 1.54) is 5.56 Å². The summed E-state index contributed by atoms with van der Waals surface area (Å²) in [5, 5.41) is 9.30. The normalized spacial score (nSPS) is 12.3. The molecule has 0 fully saturated rings. The summed E-state index contributed by atoms with van der Waals surface area (Å²) in [5.74, 6) is 1.17. The van der Waals surface area contributed by atoms with Crippen LogP contribution in [0.25, 0.3) is 11.5 Å². The lowest BCUT2D eigenvalue weighted by atomic mass is 10.1. The molecule has 3 rings (SSSR count). The van der Waals surface area contributed by atoms with Gasteiger partial charge in [0.1, 0.15) is 0 Å². The minimum Gasteiger partial charge on any atom is -0.419 e. The number of nitrogens with zero attached hydrogens (tertiary/aromatic N) is 3. The number of aryl methyl sites for hydroxylation is 1. The van der Waals surface area contributed by atoms with Gasteiger partial charge in [0.25, 0.3) is 0 Å². The van der Waals surface area contributed by atoms with Crippen molar-refractivity contribution >= 4 is 11.8 Å². The first-order chi connectivity index (χ1) is 10.2. The molecule has 0 spiro atoms. The van der Waals surface area contributed by atoms with Crippen LogP contribution in [0.15, 0.2) is 58.1 Å². The van der Waals surface area contributed by atoms with E-state index in [9.17, 15) is 0 Å². The number of thioether (sulfide) groups is 1. The van der Waals surface area contributed by atoms with Crippen LogP contribution in [0.5, 0.6) is 0 Å². The van der Waals surface area contributed by atoms with Crippen LogP contribution in [0.2, 0.25) is 0 Å². The highest BCUT2D eigenvalue weighted by Crippen LogP contribution is 2.33. The van der Waals surface area contributed by atoms with Crippen molar-refractivity contribution in [2.75, 3.05) is 0 Å². The van der Waals surface area contributed by atoms with Crippen LogP contribution >= 0.6 is 11.8 Å². The lowest BCUT2D eigenvalue weighted by molar-refractivity contribution is 0.509. The molecular formula is C16H15N3OS. The lowest BCUT2D eigenvalue weighted by Gasteiger charge is -2.05. The monoisotopic (exact) mass is 297 g/mol. The molecule has 2 aromatic heterocycles. The van der Waals surface area contributed by atoms with Gasteiger partial charge in [-0.3, -0.25) is 0 Å². The Bertz CT molecular complexity index is 727. The molecule has 0 aliphatic heterocycles. The van der Waals surface area contributed by atoms with Crippen molar-refractivity contribution in [1.29, 1.82) is 0 Å². The molecule has 106 valence electrons. The highest BCUT2D eigenvalue weighted by molar-refractivity contribution is 7.99. The van der Waals surface area contributed by atoms with Crippen molar-refractivity contribution in [2.45, 2.75) is 24.1 Å². The van der Waals surface area contributed by atoms with Crippen molar-refractivity contribution in [3.05, 3.63) is 60.1 Å². The molecule has 0 N–H and O–H groups in total. The molecule has 0 radical (unpaired) electrons. The minimum absolute atomic E-state index is 0.0611. The summed E-state index contributed by atoms with van der Waals surface area (Å²) < 4.78 is 5.79. The van der Waals surface area contributed by atoms with Gasteiger partial charge in [0, 0.05) is 11.8 Å². The smallest absolute Gasteiger partial charge is 0.247 e. The fourth-order valence-corrected chi connectivity index (χ4v) is 2.78. The maximum Gasteiger partial charge on any atom is 0.247 e. The number of hydrogen-bond acceptors (Lipinski definition) is 5. The summed E-state index contributed by atoms with van der Waals surface area (Å²) in [6, 6.07) is 13.9. The van der Waals surface area contributed by atoms with E-state index in [1.54, 1.807) is 18.0 Å². The first kappa shape index (κ1) is 13.8. The third-order valence-electron chi connectivity index (χ3n) is 2.99. The molecule has 0 unspecified atom stereocenters. The quantitative estimate of drug-likeness (QED) is 0.672. The average Bonchev–Trinajstić information content (AvgIpc) is 2.98. The van der Waals surface area contributed by atoms with Gasteiger partial charge in [-0.1, -0.05) is 35.5 Å². The summed E-state index contributed by atoms with van der Waals surface area (Å²) in [7, 11) is 0. The van der Waals surface area contributed by atoms with Crippen molar-refractivity contribution < 1.29 is 4.42 Å². The zero-order valence-corrected chi connectivity index (χ0v) is 12.7. The molecule has 0 aliphatic rings. The minimum atomic E-state index is 0.0611. The predicted octanol–water partition coefficient (Wildman–Crippen LogP) is 4.29. The van der Waals surface area contributed by atoms with Crippen LogP contribution in [0.4, 0.5) is 0 Å². The largest absolute Gasteiger partial charge is 0.419 e. The fraction of sp³-hybridized carbons (Fsp3) is 0.188. The summed E-state index contributed by atoms with van der Waals surface area (Å²) in [6.07, 6.45) is 1.78. The topological polar surface area (TPSA) is 51.8 Å². The van der Waals surface area contributed by atoms with Gasteiger partial charge in [0.15, 0.2) is 0 Å².